The number of urea groups is 1. The van der Waals surface area contributed by atoms with Crippen LogP contribution in [0, 0.1) is 0 Å². The van der Waals surface area contributed by atoms with Gasteiger partial charge in [0.2, 0.25) is 0 Å². The average molecular weight is 408 g/mol. The van der Waals surface area contributed by atoms with Crippen molar-refractivity contribution in [3.63, 3.8) is 0 Å². The Morgan fingerprint density at radius 1 is 1.10 bits per heavy atom. The second-order valence-electron chi connectivity index (χ2n) is 7.21. The highest BCUT2D eigenvalue weighted by Gasteiger charge is 2.53. The highest BCUT2D eigenvalue weighted by molar-refractivity contribution is 7.07. The first kappa shape index (κ1) is 19.3. The monoisotopic (exact) mass is 407 g/mol. The van der Waals surface area contributed by atoms with Crippen LogP contribution in [-0.2, 0) is 11.8 Å². The first-order valence-electron chi connectivity index (χ1n) is 9.56. The highest BCUT2D eigenvalue weighted by Crippen LogP contribution is 2.35. The van der Waals surface area contributed by atoms with Gasteiger partial charge in [0, 0.05) is 25.3 Å². The Morgan fingerprint density at radius 2 is 1.76 bits per heavy atom. The Labute approximate surface area is 173 Å². The van der Waals surface area contributed by atoms with Crippen LogP contribution < -0.4 is 15.0 Å². The van der Waals surface area contributed by atoms with E-state index in [1.54, 1.807) is 0 Å². The summed E-state index contributed by atoms with van der Waals surface area (Å²) in [4.78, 5) is 30.8. The number of thiazole rings is 1. The van der Waals surface area contributed by atoms with Crippen molar-refractivity contribution in [3.8, 4) is 11.3 Å². The van der Waals surface area contributed by atoms with Gasteiger partial charge in [0.25, 0.3) is 5.91 Å². The summed E-state index contributed by atoms with van der Waals surface area (Å²) in [6, 6.07) is 18.4. The van der Waals surface area contributed by atoms with Gasteiger partial charge in [-0.25, -0.2) is 4.79 Å². The number of rotatable bonds is 3. The van der Waals surface area contributed by atoms with Gasteiger partial charge in [0.05, 0.1) is 12.2 Å². The SMILES string of the molecule is Cn1c(-c2ccccc2)csc1=NC(=O)[N+]1(c2ccccc2)CCCC1C(N)=O. The predicted octanol–water partition coefficient (Wildman–Crippen LogP) is 3.43. The largest absolute Gasteiger partial charge is 0.451 e. The number of benzene rings is 2. The molecule has 2 N–H and O–H groups in total. The van der Waals surface area contributed by atoms with Crippen LogP contribution >= 0.6 is 11.3 Å². The van der Waals surface area contributed by atoms with Gasteiger partial charge in [-0.3, -0.25) is 4.79 Å². The summed E-state index contributed by atoms with van der Waals surface area (Å²) in [5.74, 6) is -0.463. The Bertz CT molecular complexity index is 1100. The van der Waals surface area contributed by atoms with Crippen LogP contribution in [0.1, 0.15) is 12.8 Å². The summed E-state index contributed by atoms with van der Waals surface area (Å²) in [6.45, 7) is 0.514. The molecule has 2 heterocycles. The van der Waals surface area contributed by atoms with Crippen molar-refractivity contribution in [1.82, 2.24) is 9.05 Å². The number of aromatic nitrogens is 1. The molecular weight excluding hydrogens is 384 g/mol. The zero-order valence-corrected chi connectivity index (χ0v) is 17.0. The lowest BCUT2D eigenvalue weighted by atomic mass is 10.1. The zero-order valence-electron chi connectivity index (χ0n) is 16.2. The number of hydrogen-bond donors (Lipinski definition) is 1. The van der Waals surface area contributed by atoms with E-state index in [0.29, 0.717) is 17.8 Å². The van der Waals surface area contributed by atoms with Gasteiger partial charge in [-0.15, -0.1) is 16.3 Å². The minimum Gasteiger partial charge on any atom is -0.364 e. The predicted molar refractivity (Wildman–Crippen MR) is 115 cm³/mol. The van der Waals surface area contributed by atoms with Crippen molar-refractivity contribution in [3.05, 3.63) is 70.8 Å². The van der Waals surface area contributed by atoms with Gasteiger partial charge in [-0.05, 0) is 17.7 Å². The minimum atomic E-state index is -0.604. The molecule has 2 aromatic carbocycles. The van der Waals surface area contributed by atoms with Crippen molar-refractivity contribution in [2.75, 3.05) is 6.54 Å². The van der Waals surface area contributed by atoms with E-state index in [1.807, 2.05) is 77.7 Å². The third-order valence-corrected chi connectivity index (χ3v) is 6.51. The second-order valence-corrected chi connectivity index (χ2v) is 8.05. The summed E-state index contributed by atoms with van der Waals surface area (Å²) in [5, 5.41) is 1.99. The summed E-state index contributed by atoms with van der Waals surface area (Å²) < 4.78 is 1.77. The molecule has 3 amide bonds. The molecule has 1 fully saturated rings. The van der Waals surface area contributed by atoms with Gasteiger partial charge in [-0.2, -0.15) is 4.48 Å². The van der Waals surface area contributed by atoms with Crippen molar-refractivity contribution in [1.29, 1.82) is 0 Å². The molecule has 0 radical (unpaired) electrons. The molecular formula is C22H23N4O2S+. The number of para-hydroxylation sites is 1. The topological polar surface area (TPSA) is 77.4 Å². The number of nitrogens with two attached hydrogens (primary N) is 1. The summed E-state index contributed by atoms with van der Waals surface area (Å²) >= 11 is 1.41. The van der Waals surface area contributed by atoms with Crippen molar-refractivity contribution >= 4 is 29.0 Å². The van der Waals surface area contributed by atoms with Gasteiger partial charge in [0.1, 0.15) is 5.69 Å². The van der Waals surface area contributed by atoms with Crippen LogP contribution in [0.25, 0.3) is 11.3 Å². The molecule has 0 bridgehead atoms. The van der Waals surface area contributed by atoms with Crippen LogP contribution in [-0.4, -0.2) is 29.1 Å². The summed E-state index contributed by atoms with van der Waals surface area (Å²) in [6.07, 6.45) is 1.33. The number of quaternary nitrogens is 1. The molecule has 1 saturated heterocycles. The number of carbonyl (C=O) groups excluding carboxylic acids is 2. The van der Waals surface area contributed by atoms with Crippen LogP contribution in [0.5, 0.6) is 0 Å². The lowest BCUT2D eigenvalue weighted by molar-refractivity contribution is -0.121. The molecule has 7 heteroatoms. The molecule has 0 aliphatic carbocycles. The number of hydrogen-bond acceptors (Lipinski definition) is 3. The number of amides is 3. The van der Waals surface area contributed by atoms with Gasteiger partial charge in [-0.1, -0.05) is 48.5 Å². The number of carbonyl (C=O) groups is 2. The average Bonchev–Trinajstić information content (AvgIpc) is 3.35. The maximum atomic E-state index is 13.5. The molecule has 1 aromatic heterocycles. The standard InChI is InChI=1S/C22H22N4O2S/c1-25-18(16-9-4-2-5-10-16)15-29-21(25)24-22(28)26(17-11-6-3-7-12-17)14-8-13-19(26)20(23)27/h2-7,9-12,15,19H,8,13-14H2,1H3,(H-,23,27)/p+1. The van der Waals surface area contributed by atoms with Crippen LogP contribution in [0.2, 0.25) is 0 Å². The number of primary amides is 1. The molecule has 0 spiro atoms. The number of nitrogens with zero attached hydrogens (tertiary/aromatic N) is 3. The first-order chi connectivity index (χ1) is 14.0. The fraction of sp³-hybridized carbons (Fsp3) is 0.227. The molecule has 3 aromatic rings. The van der Waals surface area contributed by atoms with E-state index in [-0.39, 0.29) is 10.5 Å². The van der Waals surface area contributed by atoms with Gasteiger partial charge in [0.15, 0.2) is 10.8 Å². The molecule has 1 aliphatic heterocycles. The van der Waals surface area contributed by atoms with E-state index in [2.05, 4.69) is 4.99 Å². The van der Waals surface area contributed by atoms with E-state index in [1.165, 1.54) is 11.3 Å². The maximum absolute atomic E-state index is 13.5. The van der Waals surface area contributed by atoms with Crippen LogP contribution in [0.3, 0.4) is 0 Å². The quantitative estimate of drug-likeness (QED) is 0.675. The van der Waals surface area contributed by atoms with E-state index >= 15 is 0 Å². The van der Waals surface area contributed by atoms with E-state index in [0.717, 1.165) is 23.4 Å². The van der Waals surface area contributed by atoms with E-state index in [9.17, 15) is 9.59 Å². The molecule has 1 aliphatic rings. The Kier molecular flexibility index (Phi) is 5.17. The molecule has 148 valence electrons. The summed E-state index contributed by atoms with van der Waals surface area (Å²) in [5.41, 5.74) is 8.50. The summed E-state index contributed by atoms with van der Waals surface area (Å²) in [7, 11) is 1.90. The maximum Gasteiger partial charge on any atom is 0.451 e. The highest BCUT2D eigenvalue weighted by atomic mass is 32.1. The molecule has 4 rings (SSSR count). The number of likely N-dealkylation sites (tertiary alicyclic amines) is 1. The lowest BCUT2D eigenvalue weighted by Gasteiger charge is -2.33. The van der Waals surface area contributed by atoms with Crippen LogP contribution in [0.15, 0.2) is 71.0 Å². The first-order valence-corrected chi connectivity index (χ1v) is 10.4. The van der Waals surface area contributed by atoms with Crippen molar-refractivity contribution < 1.29 is 9.59 Å². The Hall–Kier alpha value is -3.03. The molecule has 0 saturated carbocycles. The normalized spacial score (nSPS) is 22.0. The fourth-order valence-electron chi connectivity index (χ4n) is 4.12. The van der Waals surface area contributed by atoms with Gasteiger partial charge >= 0.3 is 6.03 Å². The Balaban J connectivity index is 1.81. The molecule has 2 unspecified atom stereocenters. The van der Waals surface area contributed by atoms with E-state index < -0.39 is 11.9 Å². The fourth-order valence-corrected chi connectivity index (χ4v) is 5.02. The van der Waals surface area contributed by atoms with E-state index in [4.69, 9.17) is 5.73 Å². The third kappa shape index (κ3) is 3.32. The van der Waals surface area contributed by atoms with Crippen molar-refractivity contribution in [2.24, 2.45) is 17.8 Å². The minimum absolute atomic E-state index is 0.144. The zero-order chi connectivity index (χ0) is 20.4. The molecule has 6 nitrogen and oxygen atoms in total. The molecule has 2 atom stereocenters. The Morgan fingerprint density at radius 3 is 2.41 bits per heavy atom. The smallest absolute Gasteiger partial charge is 0.364 e. The van der Waals surface area contributed by atoms with Crippen molar-refractivity contribution in [2.45, 2.75) is 18.9 Å². The lowest BCUT2D eigenvalue weighted by Crippen LogP contribution is -2.61. The second kappa shape index (κ2) is 7.77. The third-order valence-electron chi connectivity index (χ3n) is 5.59. The molecule has 29 heavy (non-hydrogen) atoms. The van der Waals surface area contributed by atoms with Crippen LogP contribution in [0.4, 0.5) is 10.5 Å². The van der Waals surface area contributed by atoms with Gasteiger partial charge < -0.3 is 10.3 Å².